The minimum atomic E-state index is -0.0574. The van der Waals surface area contributed by atoms with Gasteiger partial charge in [-0.05, 0) is 19.1 Å². The Morgan fingerprint density at radius 3 is 2.41 bits per heavy atom. The van der Waals surface area contributed by atoms with Gasteiger partial charge in [0.2, 0.25) is 0 Å². The van der Waals surface area contributed by atoms with E-state index in [4.69, 9.17) is 4.74 Å². The number of ether oxygens (including phenoxy) is 1. The first kappa shape index (κ1) is 12.2. The van der Waals surface area contributed by atoms with Gasteiger partial charge in [-0.2, -0.15) is 0 Å². The summed E-state index contributed by atoms with van der Waals surface area (Å²) in [7, 11) is 0. The molecule has 3 heteroatoms. The Hall–Kier alpha value is -1.22. The zero-order valence-corrected chi connectivity index (χ0v) is 10.9. The molecule has 0 saturated heterocycles. The fourth-order valence-corrected chi connectivity index (χ4v) is 1.88. The number of nitrogens with one attached hydrogen (secondary N) is 1. The second-order valence-corrected chi connectivity index (χ2v) is 4.05. The Kier molecular flexibility index (Phi) is 3.57. The Bertz CT molecular complexity index is 485. The Morgan fingerprint density at radius 2 is 1.71 bits per heavy atom. The Labute approximate surface area is 117 Å². The number of para-hydroxylation sites is 2. The molecule has 0 aliphatic carbocycles. The molecule has 1 heterocycles. The van der Waals surface area contributed by atoms with E-state index in [2.05, 4.69) is 36.5 Å². The van der Waals surface area contributed by atoms with Crippen LogP contribution in [0.1, 0.15) is 17.4 Å². The van der Waals surface area contributed by atoms with Crippen molar-refractivity contribution >= 4 is 5.69 Å². The summed E-state index contributed by atoms with van der Waals surface area (Å²) in [5, 5.41) is 3.35. The van der Waals surface area contributed by atoms with Gasteiger partial charge in [-0.15, -0.1) is 0 Å². The first-order valence-electron chi connectivity index (χ1n) is 5.42. The van der Waals surface area contributed by atoms with Gasteiger partial charge in [-0.1, -0.05) is 42.0 Å². The van der Waals surface area contributed by atoms with Gasteiger partial charge in [-0.25, -0.2) is 0 Å². The maximum atomic E-state index is 5.82. The summed E-state index contributed by atoms with van der Waals surface area (Å²) < 4.78 is 5.82. The Morgan fingerprint density at radius 1 is 1.00 bits per heavy atom. The molecule has 1 atom stereocenters. The molecule has 2 aromatic rings. The number of fused-ring (bicyclic) bond motifs is 1. The van der Waals surface area contributed by atoms with Crippen LogP contribution in [0.25, 0.3) is 0 Å². The number of benzene rings is 2. The van der Waals surface area contributed by atoms with Crippen molar-refractivity contribution in [1.29, 1.82) is 0 Å². The maximum absolute atomic E-state index is 5.82. The molecular weight excluding hydrogens is 306 g/mol. The van der Waals surface area contributed by atoms with Crippen LogP contribution < -0.4 is 10.1 Å². The molecule has 91 valence electrons. The molecule has 1 unspecified atom stereocenters. The average molecular weight is 319 g/mol. The second-order valence-electron chi connectivity index (χ2n) is 4.05. The summed E-state index contributed by atoms with van der Waals surface area (Å²) >= 11 is 0. The van der Waals surface area contributed by atoms with Gasteiger partial charge in [-0.3, -0.25) is 0 Å². The zero-order valence-electron chi connectivity index (χ0n) is 9.41. The van der Waals surface area contributed by atoms with Crippen molar-refractivity contribution in [2.24, 2.45) is 0 Å². The molecule has 2 aromatic carbocycles. The van der Waals surface area contributed by atoms with Crippen LogP contribution in [0.15, 0.2) is 48.5 Å². The van der Waals surface area contributed by atoms with Crippen molar-refractivity contribution in [2.75, 3.05) is 5.32 Å². The molecule has 1 radical (unpaired) electrons. The molecule has 0 spiro atoms. The number of hydrogen-bond acceptors (Lipinski definition) is 2. The number of rotatable bonds is 1. The molecule has 1 N–H and O–H groups in total. The van der Waals surface area contributed by atoms with Crippen LogP contribution in [0.3, 0.4) is 0 Å². The molecule has 17 heavy (non-hydrogen) atoms. The maximum Gasteiger partial charge on any atom is 0.196 e. The average Bonchev–Trinajstić information content (AvgIpc) is 2.73. The smallest absolute Gasteiger partial charge is 0.196 e. The van der Waals surface area contributed by atoms with E-state index in [-0.39, 0.29) is 28.6 Å². The van der Waals surface area contributed by atoms with Crippen LogP contribution in [0.5, 0.6) is 5.75 Å². The molecular formula is C14H13AgNO. The monoisotopic (exact) mass is 318 g/mol. The van der Waals surface area contributed by atoms with Crippen molar-refractivity contribution in [3.05, 3.63) is 59.7 Å². The van der Waals surface area contributed by atoms with E-state index in [1.165, 1.54) is 5.56 Å². The fourth-order valence-electron chi connectivity index (χ4n) is 1.88. The number of anilines is 1. The van der Waals surface area contributed by atoms with Gasteiger partial charge < -0.3 is 10.1 Å². The predicted molar refractivity (Wildman–Crippen MR) is 64.6 cm³/mol. The molecule has 0 fully saturated rings. The van der Waals surface area contributed by atoms with E-state index in [0.717, 1.165) is 17.0 Å². The van der Waals surface area contributed by atoms with Gasteiger partial charge in [0.1, 0.15) is 5.75 Å². The second kappa shape index (κ2) is 4.96. The predicted octanol–water partition coefficient (Wildman–Crippen LogP) is 3.50. The summed E-state index contributed by atoms with van der Waals surface area (Å²) in [6.07, 6.45) is -0.0574. The molecule has 0 bridgehead atoms. The topological polar surface area (TPSA) is 21.3 Å². The third kappa shape index (κ3) is 2.39. The first-order valence-corrected chi connectivity index (χ1v) is 5.42. The molecule has 1 aliphatic heterocycles. The summed E-state index contributed by atoms with van der Waals surface area (Å²) in [5.74, 6) is 0.924. The molecule has 2 nitrogen and oxygen atoms in total. The van der Waals surface area contributed by atoms with Crippen molar-refractivity contribution in [3.63, 3.8) is 0 Å². The van der Waals surface area contributed by atoms with Crippen LogP contribution in [0.2, 0.25) is 0 Å². The van der Waals surface area contributed by atoms with E-state index in [1.54, 1.807) is 0 Å². The van der Waals surface area contributed by atoms with Crippen molar-refractivity contribution < 1.29 is 27.1 Å². The minimum Gasteiger partial charge on any atom is -0.464 e. The SMILES string of the molecule is Cc1ccc(C2Nc3ccccc3O2)cc1.[Ag]. The molecule has 0 saturated carbocycles. The van der Waals surface area contributed by atoms with Crippen molar-refractivity contribution in [1.82, 2.24) is 0 Å². The van der Waals surface area contributed by atoms with Gasteiger partial charge in [0.15, 0.2) is 6.23 Å². The largest absolute Gasteiger partial charge is 0.464 e. The van der Waals surface area contributed by atoms with E-state index in [9.17, 15) is 0 Å². The standard InChI is InChI=1S/C14H13NO.Ag/c1-10-6-8-11(9-7-10)14-15-12-4-2-3-5-13(12)16-14;/h2-9,14-15H,1H3;. The number of aryl methyl sites for hydroxylation is 1. The number of hydrogen-bond donors (Lipinski definition) is 1. The minimum absolute atomic E-state index is 0. The van der Waals surface area contributed by atoms with E-state index in [1.807, 2.05) is 24.3 Å². The molecule has 1 aliphatic rings. The normalized spacial score (nSPS) is 16.4. The first-order chi connectivity index (χ1) is 7.83. The fraction of sp³-hybridized carbons (Fsp3) is 0.143. The third-order valence-electron chi connectivity index (χ3n) is 2.80. The summed E-state index contributed by atoms with van der Waals surface area (Å²) in [6.45, 7) is 2.08. The van der Waals surface area contributed by atoms with E-state index < -0.39 is 0 Å². The zero-order chi connectivity index (χ0) is 11.0. The summed E-state index contributed by atoms with van der Waals surface area (Å²) in [4.78, 5) is 0. The van der Waals surface area contributed by atoms with E-state index >= 15 is 0 Å². The van der Waals surface area contributed by atoms with Gasteiger partial charge in [0.25, 0.3) is 0 Å². The van der Waals surface area contributed by atoms with Crippen molar-refractivity contribution in [3.8, 4) is 5.75 Å². The van der Waals surface area contributed by atoms with Crippen molar-refractivity contribution in [2.45, 2.75) is 13.2 Å². The summed E-state index contributed by atoms with van der Waals surface area (Å²) in [5.41, 5.74) is 3.48. The van der Waals surface area contributed by atoms with Gasteiger partial charge in [0.05, 0.1) is 5.69 Å². The third-order valence-corrected chi connectivity index (χ3v) is 2.80. The van der Waals surface area contributed by atoms with Gasteiger partial charge in [0, 0.05) is 27.9 Å². The Balaban J connectivity index is 0.00000108. The van der Waals surface area contributed by atoms with Crippen LogP contribution in [0, 0.1) is 6.92 Å². The molecule has 0 aromatic heterocycles. The quantitative estimate of drug-likeness (QED) is 0.813. The summed E-state index contributed by atoms with van der Waals surface area (Å²) in [6, 6.07) is 16.4. The van der Waals surface area contributed by atoms with Crippen LogP contribution in [0.4, 0.5) is 5.69 Å². The molecule has 0 amide bonds. The van der Waals surface area contributed by atoms with E-state index in [0.29, 0.717) is 0 Å². The van der Waals surface area contributed by atoms with Crippen LogP contribution >= 0.6 is 0 Å². The van der Waals surface area contributed by atoms with Crippen LogP contribution in [-0.4, -0.2) is 0 Å². The van der Waals surface area contributed by atoms with Crippen LogP contribution in [-0.2, 0) is 22.4 Å². The van der Waals surface area contributed by atoms with Gasteiger partial charge >= 0.3 is 0 Å². The molecule has 3 rings (SSSR count).